The zero-order valence-corrected chi connectivity index (χ0v) is 16.6. The molecule has 0 spiro atoms. The summed E-state index contributed by atoms with van der Waals surface area (Å²) in [5.41, 5.74) is 1.83. The minimum atomic E-state index is -4.38. The Labute approximate surface area is 167 Å². The number of methoxy groups -OCH3 is 1. The maximum Gasteiger partial charge on any atom is 0.416 e. The molecule has 29 heavy (non-hydrogen) atoms. The highest BCUT2D eigenvalue weighted by atomic mass is 19.4. The average molecular weight is 404 g/mol. The van der Waals surface area contributed by atoms with Crippen molar-refractivity contribution in [2.24, 2.45) is 13.0 Å². The van der Waals surface area contributed by atoms with Gasteiger partial charge >= 0.3 is 6.18 Å². The molecular formula is C21H23F3N4O. The minimum absolute atomic E-state index is 0.122. The van der Waals surface area contributed by atoms with Crippen molar-refractivity contribution in [3.8, 4) is 5.75 Å². The van der Waals surface area contributed by atoms with Crippen LogP contribution in [0, 0.1) is 5.92 Å². The molecule has 4 rings (SSSR count). The van der Waals surface area contributed by atoms with Crippen LogP contribution in [-0.2, 0) is 13.2 Å². The fraction of sp³-hybridized carbons (Fsp3) is 0.429. The van der Waals surface area contributed by atoms with Crippen molar-refractivity contribution in [1.82, 2.24) is 14.5 Å². The van der Waals surface area contributed by atoms with Gasteiger partial charge in [-0.15, -0.1) is 0 Å². The second-order valence-electron chi connectivity index (χ2n) is 7.59. The summed E-state index contributed by atoms with van der Waals surface area (Å²) in [6.07, 6.45) is -1.85. The number of imidazole rings is 1. The quantitative estimate of drug-likeness (QED) is 0.639. The summed E-state index contributed by atoms with van der Waals surface area (Å²) in [4.78, 5) is 11.2. The van der Waals surface area contributed by atoms with E-state index in [1.807, 2.05) is 23.7 Å². The van der Waals surface area contributed by atoms with E-state index < -0.39 is 11.7 Å². The number of hydrogen-bond donors (Lipinski definition) is 0. The second-order valence-corrected chi connectivity index (χ2v) is 7.59. The molecule has 1 fully saturated rings. The normalized spacial score (nSPS) is 20.3. The topological polar surface area (TPSA) is 43.2 Å². The Morgan fingerprint density at radius 2 is 2.00 bits per heavy atom. The van der Waals surface area contributed by atoms with Crippen molar-refractivity contribution in [2.75, 3.05) is 25.1 Å². The maximum atomic E-state index is 13.0. The molecule has 5 nitrogen and oxygen atoms in total. The summed E-state index contributed by atoms with van der Waals surface area (Å²) >= 11 is 0. The number of nitrogens with zero attached hydrogens (tertiary/aromatic N) is 4. The smallest absolute Gasteiger partial charge is 0.416 e. The summed E-state index contributed by atoms with van der Waals surface area (Å²) in [6.45, 7) is 3.64. The van der Waals surface area contributed by atoms with Crippen LogP contribution in [0.2, 0.25) is 0 Å². The van der Waals surface area contributed by atoms with Gasteiger partial charge in [0.15, 0.2) is 5.65 Å². The standard InChI is InChI=1S/C21H23F3N4O/c1-13-12-28(20-26-19-17(27(20)2)5-4-9-25-19)10-8-15(13)16-7-6-14(21(22,23)24)11-18(16)29-3/h4-7,9,11,13,15H,8,10,12H2,1-3H3. The number of aryl methyl sites for hydroxylation is 1. The van der Waals surface area contributed by atoms with Crippen molar-refractivity contribution < 1.29 is 17.9 Å². The van der Waals surface area contributed by atoms with Crippen molar-refractivity contribution in [3.05, 3.63) is 47.7 Å². The zero-order valence-electron chi connectivity index (χ0n) is 16.6. The van der Waals surface area contributed by atoms with Gasteiger partial charge in [0.05, 0.1) is 18.2 Å². The first kappa shape index (κ1) is 19.5. The van der Waals surface area contributed by atoms with Gasteiger partial charge in [-0.25, -0.2) is 4.98 Å². The highest BCUT2D eigenvalue weighted by Crippen LogP contribution is 2.41. The van der Waals surface area contributed by atoms with Gasteiger partial charge < -0.3 is 14.2 Å². The van der Waals surface area contributed by atoms with Crippen molar-refractivity contribution in [2.45, 2.75) is 25.4 Å². The number of halogens is 3. The van der Waals surface area contributed by atoms with E-state index in [9.17, 15) is 13.2 Å². The third-order valence-corrected chi connectivity index (χ3v) is 5.78. The molecule has 154 valence electrons. The summed E-state index contributed by atoms with van der Waals surface area (Å²) in [5, 5.41) is 0. The molecule has 0 bridgehead atoms. The van der Waals surface area contributed by atoms with E-state index in [0.29, 0.717) is 11.4 Å². The van der Waals surface area contributed by atoms with Gasteiger partial charge in [-0.05, 0) is 48.1 Å². The van der Waals surface area contributed by atoms with Crippen molar-refractivity contribution >= 4 is 17.1 Å². The van der Waals surface area contributed by atoms with E-state index in [1.54, 1.807) is 12.3 Å². The van der Waals surface area contributed by atoms with Gasteiger partial charge in [-0.2, -0.15) is 18.2 Å². The first-order valence-corrected chi connectivity index (χ1v) is 9.57. The molecule has 3 aromatic rings. The lowest BCUT2D eigenvalue weighted by Crippen LogP contribution is -2.39. The summed E-state index contributed by atoms with van der Waals surface area (Å²) in [7, 11) is 3.40. The molecule has 2 atom stereocenters. The fourth-order valence-corrected chi connectivity index (χ4v) is 4.28. The van der Waals surface area contributed by atoms with E-state index in [-0.39, 0.29) is 11.8 Å². The third kappa shape index (κ3) is 3.52. The van der Waals surface area contributed by atoms with Crippen LogP contribution in [-0.4, -0.2) is 34.7 Å². The van der Waals surface area contributed by atoms with E-state index in [2.05, 4.69) is 21.8 Å². The molecule has 1 aromatic carbocycles. The fourth-order valence-electron chi connectivity index (χ4n) is 4.28. The monoisotopic (exact) mass is 404 g/mol. The highest BCUT2D eigenvalue weighted by Gasteiger charge is 2.34. The minimum Gasteiger partial charge on any atom is -0.496 e. The van der Waals surface area contributed by atoms with Crippen molar-refractivity contribution in [1.29, 1.82) is 0 Å². The Morgan fingerprint density at radius 3 is 2.66 bits per heavy atom. The molecule has 8 heteroatoms. The number of aromatic nitrogens is 3. The Kier molecular flexibility index (Phi) is 4.88. The number of fused-ring (bicyclic) bond motifs is 1. The van der Waals surface area contributed by atoms with Crippen LogP contribution >= 0.6 is 0 Å². The lowest BCUT2D eigenvalue weighted by molar-refractivity contribution is -0.137. The predicted molar refractivity (Wildman–Crippen MR) is 105 cm³/mol. The number of rotatable bonds is 3. The van der Waals surface area contributed by atoms with Gasteiger partial charge in [0.2, 0.25) is 5.95 Å². The average Bonchev–Trinajstić information content (AvgIpc) is 3.04. The molecule has 1 aliphatic rings. The molecule has 2 unspecified atom stereocenters. The van der Waals surface area contributed by atoms with Crippen LogP contribution < -0.4 is 9.64 Å². The van der Waals surface area contributed by atoms with E-state index >= 15 is 0 Å². The van der Waals surface area contributed by atoms with Crippen LogP contribution in [0.25, 0.3) is 11.2 Å². The van der Waals surface area contributed by atoms with Crippen LogP contribution in [0.4, 0.5) is 19.1 Å². The molecule has 2 aromatic heterocycles. The molecule has 0 aliphatic carbocycles. The predicted octanol–water partition coefficient (Wildman–Crippen LogP) is 4.63. The Balaban J connectivity index is 1.58. The number of anilines is 1. The Hall–Kier alpha value is -2.77. The Bertz CT molecular complexity index is 1030. The third-order valence-electron chi connectivity index (χ3n) is 5.78. The van der Waals surface area contributed by atoms with E-state index in [4.69, 9.17) is 4.74 Å². The first-order valence-electron chi connectivity index (χ1n) is 9.57. The summed E-state index contributed by atoms with van der Waals surface area (Å²) < 4.78 is 46.5. The van der Waals surface area contributed by atoms with E-state index in [0.717, 1.165) is 48.7 Å². The lowest BCUT2D eigenvalue weighted by atomic mass is 9.81. The number of benzene rings is 1. The second kappa shape index (κ2) is 7.24. The number of hydrogen-bond acceptors (Lipinski definition) is 4. The van der Waals surface area contributed by atoms with Gasteiger partial charge in [0, 0.05) is 26.3 Å². The van der Waals surface area contributed by atoms with Gasteiger partial charge in [0.25, 0.3) is 0 Å². The molecular weight excluding hydrogens is 381 g/mol. The van der Waals surface area contributed by atoms with Gasteiger partial charge in [0.1, 0.15) is 5.75 Å². The molecule has 1 aliphatic heterocycles. The largest absolute Gasteiger partial charge is 0.496 e. The number of pyridine rings is 1. The molecule has 0 N–H and O–H groups in total. The highest BCUT2D eigenvalue weighted by molar-refractivity contribution is 5.74. The van der Waals surface area contributed by atoms with Gasteiger partial charge in [-0.1, -0.05) is 13.0 Å². The van der Waals surface area contributed by atoms with Crippen LogP contribution in [0.3, 0.4) is 0 Å². The van der Waals surface area contributed by atoms with Crippen molar-refractivity contribution in [3.63, 3.8) is 0 Å². The summed E-state index contributed by atoms with van der Waals surface area (Å²) in [6, 6.07) is 7.69. The number of ether oxygens (including phenoxy) is 1. The number of alkyl halides is 3. The maximum absolute atomic E-state index is 13.0. The SMILES string of the molecule is COc1cc(C(F)(F)F)ccc1C1CCN(c2nc3ncccc3n2C)CC1C. The van der Waals surface area contributed by atoms with Crippen LogP contribution in [0.1, 0.15) is 30.4 Å². The van der Waals surface area contributed by atoms with Crippen LogP contribution in [0.15, 0.2) is 36.5 Å². The van der Waals surface area contributed by atoms with Crippen LogP contribution in [0.5, 0.6) is 5.75 Å². The molecule has 0 radical (unpaired) electrons. The van der Waals surface area contributed by atoms with E-state index in [1.165, 1.54) is 7.11 Å². The summed E-state index contributed by atoms with van der Waals surface area (Å²) in [5.74, 6) is 1.51. The molecule has 3 heterocycles. The zero-order chi connectivity index (χ0) is 20.8. The molecule has 1 saturated heterocycles. The number of piperidine rings is 1. The first-order chi connectivity index (χ1) is 13.8. The Morgan fingerprint density at radius 1 is 1.21 bits per heavy atom. The molecule has 0 saturated carbocycles. The van der Waals surface area contributed by atoms with Gasteiger partial charge in [-0.3, -0.25) is 0 Å². The molecule has 0 amide bonds. The lowest BCUT2D eigenvalue weighted by Gasteiger charge is -2.38.